The first-order valence-corrected chi connectivity index (χ1v) is 4.94. The summed E-state index contributed by atoms with van der Waals surface area (Å²) in [6.45, 7) is 3.42. The fourth-order valence-corrected chi connectivity index (χ4v) is 0.943. The average Bonchev–Trinajstić information content (AvgIpc) is 2.25. The Balaban J connectivity index is 3.97. The highest BCUT2D eigenvalue weighted by atomic mass is 16.3. The standard InChI is InChI=1S/C10H17N3O3/c1-3-5-9(15)12-6-7-13(8-14)10(16)11-4-2/h3-5,14H,6-8H2,1-2H3,(H,12,15). The second kappa shape index (κ2) is 8.60. The zero-order valence-corrected chi connectivity index (χ0v) is 9.51. The first kappa shape index (κ1) is 14.3. The van der Waals surface area contributed by atoms with Crippen LogP contribution in [0.2, 0.25) is 0 Å². The van der Waals surface area contributed by atoms with E-state index in [0.717, 1.165) is 4.90 Å². The van der Waals surface area contributed by atoms with Crippen molar-refractivity contribution in [1.29, 1.82) is 0 Å². The molecule has 0 unspecified atom stereocenters. The molecule has 0 radical (unpaired) electrons. The minimum atomic E-state index is -0.523. The molecule has 6 nitrogen and oxygen atoms in total. The summed E-state index contributed by atoms with van der Waals surface area (Å²) in [6, 6.07) is -0.523. The van der Waals surface area contributed by atoms with E-state index in [2.05, 4.69) is 10.3 Å². The van der Waals surface area contributed by atoms with Gasteiger partial charge in [-0.1, -0.05) is 6.08 Å². The highest BCUT2D eigenvalue weighted by Gasteiger charge is 2.09. The molecule has 0 aromatic rings. The minimum absolute atomic E-state index is 0.218. The van der Waals surface area contributed by atoms with Crippen LogP contribution in [0.5, 0.6) is 0 Å². The molecule has 6 heteroatoms. The van der Waals surface area contributed by atoms with E-state index < -0.39 is 12.8 Å². The molecule has 90 valence electrons. The van der Waals surface area contributed by atoms with Gasteiger partial charge in [-0.25, -0.2) is 9.79 Å². The number of carbonyl (C=O) groups excluding carboxylic acids is 2. The molecule has 0 aliphatic rings. The highest BCUT2D eigenvalue weighted by molar-refractivity contribution is 5.87. The van der Waals surface area contributed by atoms with Crippen LogP contribution < -0.4 is 5.32 Å². The predicted molar refractivity (Wildman–Crippen MR) is 61.2 cm³/mol. The van der Waals surface area contributed by atoms with Crippen LogP contribution in [0.4, 0.5) is 4.79 Å². The largest absolute Gasteiger partial charge is 0.376 e. The lowest BCUT2D eigenvalue weighted by Gasteiger charge is -2.16. The van der Waals surface area contributed by atoms with Crippen molar-refractivity contribution in [2.24, 2.45) is 4.99 Å². The van der Waals surface area contributed by atoms with Crippen molar-refractivity contribution in [3.05, 3.63) is 12.2 Å². The summed E-state index contributed by atoms with van der Waals surface area (Å²) in [4.78, 5) is 26.9. The van der Waals surface area contributed by atoms with Crippen molar-refractivity contribution in [2.45, 2.75) is 13.8 Å². The number of carbonyl (C=O) groups is 2. The Bertz CT molecular complexity index is 287. The Labute approximate surface area is 94.7 Å². The number of nitrogens with one attached hydrogen (secondary N) is 1. The third-order valence-corrected chi connectivity index (χ3v) is 1.68. The number of aliphatic hydroxyl groups excluding tert-OH is 1. The second-order valence-corrected chi connectivity index (χ2v) is 2.87. The molecule has 0 aromatic carbocycles. The van der Waals surface area contributed by atoms with Gasteiger partial charge >= 0.3 is 6.03 Å². The molecule has 0 rings (SSSR count). The van der Waals surface area contributed by atoms with Crippen molar-refractivity contribution in [1.82, 2.24) is 10.2 Å². The second-order valence-electron chi connectivity index (χ2n) is 2.87. The van der Waals surface area contributed by atoms with Gasteiger partial charge in [0.1, 0.15) is 6.73 Å². The fraction of sp³-hybridized carbons (Fsp3) is 0.500. The minimum Gasteiger partial charge on any atom is -0.376 e. The molecule has 0 bridgehead atoms. The van der Waals surface area contributed by atoms with E-state index in [1.165, 1.54) is 12.3 Å². The molecule has 0 heterocycles. The molecule has 0 aromatic heterocycles. The maximum absolute atomic E-state index is 11.2. The van der Waals surface area contributed by atoms with E-state index >= 15 is 0 Å². The SMILES string of the molecule is CC=CC(=O)NCCN(CO)C(=O)N=CC. The molecule has 0 saturated heterocycles. The van der Waals surface area contributed by atoms with E-state index in [9.17, 15) is 9.59 Å². The molecule has 0 atom stereocenters. The highest BCUT2D eigenvalue weighted by Crippen LogP contribution is 1.90. The van der Waals surface area contributed by atoms with Crippen molar-refractivity contribution in [3.63, 3.8) is 0 Å². The normalized spacial score (nSPS) is 10.9. The van der Waals surface area contributed by atoms with E-state index in [4.69, 9.17) is 5.11 Å². The monoisotopic (exact) mass is 227 g/mol. The number of aliphatic imine (C=N–C) groups is 1. The molecule has 3 amide bonds. The third-order valence-electron chi connectivity index (χ3n) is 1.68. The first-order chi connectivity index (χ1) is 7.65. The summed E-state index contributed by atoms with van der Waals surface area (Å²) in [7, 11) is 0. The van der Waals surface area contributed by atoms with E-state index in [0.29, 0.717) is 0 Å². The number of rotatable bonds is 5. The third kappa shape index (κ3) is 5.92. The molecule has 2 N–H and O–H groups in total. The summed E-state index contributed by atoms with van der Waals surface area (Å²) in [6.07, 6.45) is 4.35. The Morgan fingerprint density at radius 3 is 2.62 bits per heavy atom. The number of hydrogen-bond acceptors (Lipinski definition) is 3. The molecular weight excluding hydrogens is 210 g/mol. The molecular formula is C10H17N3O3. The molecule has 0 aliphatic carbocycles. The van der Waals surface area contributed by atoms with Gasteiger partial charge in [-0.15, -0.1) is 0 Å². The molecule has 16 heavy (non-hydrogen) atoms. The fourth-order valence-electron chi connectivity index (χ4n) is 0.943. The van der Waals surface area contributed by atoms with Gasteiger partial charge in [0.25, 0.3) is 0 Å². The molecule has 0 aliphatic heterocycles. The van der Waals surface area contributed by atoms with Crippen LogP contribution >= 0.6 is 0 Å². The van der Waals surface area contributed by atoms with Gasteiger partial charge in [-0.05, 0) is 19.9 Å². The van der Waals surface area contributed by atoms with Crippen molar-refractivity contribution in [2.75, 3.05) is 19.8 Å². The maximum Gasteiger partial charge on any atom is 0.345 e. The average molecular weight is 227 g/mol. The van der Waals surface area contributed by atoms with Crippen molar-refractivity contribution >= 4 is 18.2 Å². The summed E-state index contributed by atoms with van der Waals surface area (Å²) in [5, 5.41) is 11.5. The predicted octanol–water partition coefficient (Wildman–Crippen LogP) is 0.141. The van der Waals surface area contributed by atoms with Gasteiger partial charge < -0.3 is 10.4 Å². The Kier molecular flexibility index (Phi) is 7.70. The zero-order chi connectivity index (χ0) is 12.4. The van der Waals surface area contributed by atoms with Crippen LogP contribution in [0.25, 0.3) is 0 Å². The topological polar surface area (TPSA) is 82.0 Å². The van der Waals surface area contributed by atoms with Crippen molar-refractivity contribution < 1.29 is 14.7 Å². The van der Waals surface area contributed by atoms with E-state index in [1.54, 1.807) is 19.9 Å². The smallest absolute Gasteiger partial charge is 0.345 e. The summed E-state index contributed by atoms with van der Waals surface area (Å²) in [5.74, 6) is -0.230. The van der Waals surface area contributed by atoms with E-state index in [-0.39, 0.29) is 19.0 Å². The van der Waals surface area contributed by atoms with Gasteiger partial charge in [0.15, 0.2) is 0 Å². The van der Waals surface area contributed by atoms with Gasteiger partial charge in [0.05, 0.1) is 0 Å². The lowest BCUT2D eigenvalue weighted by atomic mass is 10.4. The Morgan fingerprint density at radius 2 is 2.12 bits per heavy atom. The van der Waals surface area contributed by atoms with Gasteiger partial charge in [-0.2, -0.15) is 0 Å². The number of urea groups is 1. The van der Waals surface area contributed by atoms with Crippen LogP contribution in [0.3, 0.4) is 0 Å². The number of hydrogen-bond donors (Lipinski definition) is 2. The van der Waals surface area contributed by atoms with Gasteiger partial charge in [-0.3, -0.25) is 9.69 Å². The van der Waals surface area contributed by atoms with Crippen LogP contribution in [0.15, 0.2) is 17.1 Å². The Hall–Kier alpha value is -1.69. The molecule has 0 fully saturated rings. The van der Waals surface area contributed by atoms with Crippen LogP contribution in [0.1, 0.15) is 13.8 Å². The maximum atomic E-state index is 11.2. The molecule has 0 saturated carbocycles. The summed E-state index contributed by atoms with van der Waals surface area (Å²) < 4.78 is 0. The van der Waals surface area contributed by atoms with Crippen LogP contribution in [0, 0.1) is 0 Å². The number of amides is 3. The first-order valence-electron chi connectivity index (χ1n) is 4.94. The lowest BCUT2D eigenvalue weighted by Crippen LogP contribution is -2.37. The van der Waals surface area contributed by atoms with Gasteiger partial charge in [0.2, 0.25) is 5.91 Å². The number of allylic oxidation sites excluding steroid dienone is 1. The number of nitrogens with zero attached hydrogens (tertiary/aromatic N) is 2. The Morgan fingerprint density at radius 1 is 1.44 bits per heavy atom. The number of aliphatic hydroxyl groups is 1. The van der Waals surface area contributed by atoms with E-state index in [1.807, 2.05) is 0 Å². The quantitative estimate of drug-likeness (QED) is 0.398. The van der Waals surface area contributed by atoms with Crippen LogP contribution in [-0.4, -0.2) is 48.0 Å². The van der Waals surface area contributed by atoms with Crippen LogP contribution in [-0.2, 0) is 4.79 Å². The zero-order valence-electron chi connectivity index (χ0n) is 9.51. The van der Waals surface area contributed by atoms with Gasteiger partial charge in [0, 0.05) is 19.3 Å². The lowest BCUT2D eigenvalue weighted by molar-refractivity contribution is -0.116. The van der Waals surface area contributed by atoms with Crippen molar-refractivity contribution in [3.8, 4) is 0 Å². The summed E-state index contributed by atoms with van der Waals surface area (Å²) in [5.41, 5.74) is 0. The summed E-state index contributed by atoms with van der Waals surface area (Å²) >= 11 is 0. The molecule has 0 spiro atoms.